The molecule has 0 aliphatic carbocycles. The minimum Gasteiger partial charge on any atom is -0.325 e. The first-order chi connectivity index (χ1) is 12.3. The van der Waals surface area contributed by atoms with Crippen LogP contribution in [0.1, 0.15) is 12.0 Å². The molecule has 1 aromatic carbocycles. The largest absolute Gasteiger partial charge is 0.325 e. The highest BCUT2D eigenvalue weighted by Gasteiger charge is 2.24. The number of nitrogens with one attached hydrogen (secondary N) is 1. The summed E-state index contributed by atoms with van der Waals surface area (Å²) < 4.78 is 24.7. The zero-order valence-corrected chi connectivity index (χ0v) is 15.9. The molecule has 0 spiro atoms. The van der Waals surface area contributed by atoms with Crippen molar-refractivity contribution in [3.8, 4) is 0 Å². The van der Waals surface area contributed by atoms with Crippen LogP contribution in [0.2, 0.25) is 0 Å². The number of sulfone groups is 1. The number of aromatic nitrogens is 2. The number of aryl methyl sites for hydroxylation is 1. The lowest BCUT2D eigenvalue weighted by Gasteiger charge is -2.15. The van der Waals surface area contributed by atoms with Gasteiger partial charge in [0.1, 0.15) is 0 Å². The number of nitrogens with zero attached hydrogens (tertiary/aromatic N) is 3. The molecule has 1 fully saturated rings. The van der Waals surface area contributed by atoms with Crippen LogP contribution < -0.4 is 5.32 Å². The summed E-state index contributed by atoms with van der Waals surface area (Å²) in [6.45, 7) is 2.15. The normalized spacial score (nSPS) is 18.2. The second kappa shape index (κ2) is 7.59. The molecule has 140 valence electrons. The smallest absolute Gasteiger partial charge is 0.238 e. The van der Waals surface area contributed by atoms with E-state index in [4.69, 9.17) is 0 Å². The van der Waals surface area contributed by atoms with E-state index >= 15 is 0 Å². The van der Waals surface area contributed by atoms with Crippen LogP contribution in [0.5, 0.6) is 0 Å². The minimum absolute atomic E-state index is 0.0841. The maximum atomic E-state index is 12.2. The molecule has 26 heavy (non-hydrogen) atoms. The van der Waals surface area contributed by atoms with Gasteiger partial charge in [-0.3, -0.25) is 14.4 Å². The quantitative estimate of drug-likeness (QED) is 0.822. The van der Waals surface area contributed by atoms with Gasteiger partial charge in [0.15, 0.2) is 9.84 Å². The molecule has 1 aliphatic rings. The van der Waals surface area contributed by atoms with Crippen LogP contribution >= 0.6 is 0 Å². The number of rotatable bonds is 6. The van der Waals surface area contributed by atoms with Crippen LogP contribution in [-0.2, 0) is 28.1 Å². The molecule has 2 heterocycles. The van der Waals surface area contributed by atoms with Crippen LogP contribution in [0.15, 0.2) is 41.6 Å². The van der Waals surface area contributed by atoms with E-state index in [1.54, 1.807) is 12.1 Å². The van der Waals surface area contributed by atoms with Crippen LogP contribution in [0, 0.1) is 5.92 Å². The van der Waals surface area contributed by atoms with E-state index in [0.717, 1.165) is 32.2 Å². The summed E-state index contributed by atoms with van der Waals surface area (Å²) in [4.78, 5) is 14.6. The number of carbonyl (C=O) groups excluding carboxylic acids is 1. The van der Waals surface area contributed by atoms with Gasteiger partial charge in [0.05, 0.1) is 17.6 Å². The molecule has 1 N–H and O–H groups in total. The molecular weight excluding hydrogens is 352 g/mol. The summed E-state index contributed by atoms with van der Waals surface area (Å²) in [7, 11) is -1.31. The highest BCUT2D eigenvalue weighted by Crippen LogP contribution is 2.20. The highest BCUT2D eigenvalue weighted by molar-refractivity contribution is 7.90. The van der Waals surface area contributed by atoms with E-state index in [-0.39, 0.29) is 10.8 Å². The van der Waals surface area contributed by atoms with Crippen molar-refractivity contribution in [1.29, 1.82) is 0 Å². The predicted octanol–water partition coefficient (Wildman–Crippen LogP) is 1.33. The zero-order valence-electron chi connectivity index (χ0n) is 15.1. The number of likely N-dealkylation sites (tertiary alicyclic amines) is 1. The average Bonchev–Trinajstić information content (AvgIpc) is 3.16. The lowest BCUT2D eigenvalue weighted by molar-refractivity contribution is -0.117. The van der Waals surface area contributed by atoms with Crippen molar-refractivity contribution in [2.45, 2.75) is 17.7 Å². The number of carbonyl (C=O) groups is 1. The fraction of sp³-hybridized carbons (Fsp3) is 0.444. The Balaban J connectivity index is 1.48. The maximum absolute atomic E-state index is 12.2. The molecule has 3 rings (SSSR count). The van der Waals surface area contributed by atoms with E-state index in [0.29, 0.717) is 18.2 Å². The first-order valence-corrected chi connectivity index (χ1v) is 10.5. The SMILES string of the molecule is Cn1cc(CC2CCN(CC(=O)Nc3ccc(S(C)(=O)=O)cc3)C2)cn1. The zero-order chi connectivity index (χ0) is 18.7. The monoisotopic (exact) mass is 376 g/mol. The molecule has 1 saturated heterocycles. The van der Waals surface area contributed by atoms with Gasteiger partial charge in [-0.2, -0.15) is 5.10 Å². The van der Waals surface area contributed by atoms with Crippen molar-refractivity contribution >= 4 is 21.4 Å². The predicted molar refractivity (Wildman–Crippen MR) is 99.6 cm³/mol. The van der Waals surface area contributed by atoms with E-state index in [9.17, 15) is 13.2 Å². The third-order valence-electron chi connectivity index (χ3n) is 4.59. The van der Waals surface area contributed by atoms with Crippen LogP contribution in [0.4, 0.5) is 5.69 Å². The van der Waals surface area contributed by atoms with Crippen molar-refractivity contribution in [3.05, 3.63) is 42.2 Å². The van der Waals surface area contributed by atoms with E-state index in [2.05, 4.69) is 15.3 Å². The van der Waals surface area contributed by atoms with E-state index < -0.39 is 9.84 Å². The Morgan fingerprint density at radius 1 is 1.31 bits per heavy atom. The van der Waals surface area contributed by atoms with Crippen molar-refractivity contribution in [2.75, 3.05) is 31.2 Å². The number of anilines is 1. The molecule has 8 heteroatoms. The van der Waals surface area contributed by atoms with Crippen molar-refractivity contribution < 1.29 is 13.2 Å². The van der Waals surface area contributed by atoms with Crippen LogP contribution in [-0.4, -0.2) is 54.9 Å². The maximum Gasteiger partial charge on any atom is 0.238 e. The minimum atomic E-state index is -3.22. The summed E-state index contributed by atoms with van der Waals surface area (Å²) >= 11 is 0. The molecule has 1 amide bonds. The lowest BCUT2D eigenvalue weighted by atomic mass is 10.0. The second-order valence-corrected chi connectivity index (χ2v) is 8.98. The van der Waals surface area contributed by atoms with Crippen molar-refractivity contribution in [2.24, 2.45) is 13.0 Å². The lowest BCUT2D eigenvalue weighted by Crippen LogP contribution is -2.31. The number of hydrogen-bond acceptors (Lipinski definition) is 5. The molecule has 1 unspecified atom stereocenters. The topological polar surface area (TPSA) is 84.3 Å². The van der Waals surface area contributed by atoms with Crippen LogP contribution in [0.25, 0.3) is 0 Å². The molecule has 1 aliphatic heterocycles. The number of benzene rings is 1. The Labute approximate surface area is 153 Å². The molecule has 1 aromatic heterocycles. The van der Waals surface area contributed by atoms with Gasteiger partial charge in [-0.25, -0.2) is 8.42 Å². The summed E-state index contributed by atoms with van der Waals surface area (Å²) in [5.74, 6) is 0.458. The molecule has 0 saturated carbocycles. The van der Waals surface area contributed by atoms with Gasteiger partial charge in [-0.15, -0.1) is 0 Å². The summed E-state index contributed by atoms with van der Waals surface area (Å²) in [6.07, 6.45) is 7.16. The Morgan fingerprint density at radius 3 is 2.65 bits per heavy atom. The van der Waals surface area contributed by atoms with Crippen molar-refractivity contribution in [3.63, 3.8) is 0 Å². The van der Waals surface area contributed by atoms with Gasteiger partial charge in [0, 0.05) is 31.7 Å². The van der Waals surface area contributed by atoms with Gasteiger partial charge in [-0.05, 0) is 55.1 Å². The average molecular weight is 376 g/mol. The molecule has 2 aromatic rings. The van der Waals surface area contributed by atoms with Gasteiger partial charge in [0.25, 0.3) is 0 Å². The Kier molecular flexibility index (Phi) is 5.43. The first kappa shape index (κ1) is 18.6. The van der Waals surface area contributed by atoms with Gasteiger partial charge in [-0.1, -0.05) is 0 Å². The summed E-state index contributed by atoms with van der Waals surface area (Å²) in [6, 6.07) is 6.24. The number of hydrogen-bond donors (Lipinski definition) is 1. The number of amides is 1. The molecule has 7 nitrogen and oxygen atoms in total. The molecule has 0 bridgehead atoms. The highest BCUT2D eigenvalue weighted by atomic mass is 32.2. The van der Waals surface area contributed by atoms with Gasteiger partial charge in [0.2, 0.25) is 5.91 Å². The Hall–Kier alpha value is -2.19. The van der Waals surface area contributed by atoms with Gasteiger partial charge < -0.3 is 5.32 Å². The summed E-state index contributed by atoms with van der Waals surface area (Å²) in [5, 5.41) is 7.02. The van der Waals surface area contributed by atoms with Gasteiger partial charge >= 0.3 is 0 Å². The van der Waals surface area contributed by atoms with E-state index in [1.165, 1.54) is 17.7 Å². The Morgan fingerprint density at radius 2 is 2.04 bits per heavy atom. The fourth-order valence-corrected chi connectivity index (χ4v) is 3.95. The Bertz CT molecular complexity index is 874. The van der Waals surface area contributed by atoms with E-state index in [1.807, 2.05) is 24.1 Å². The molecular formula is C18H24N4O3S. The van der Waals surface area contributed by atoms with Crippen LogP contribution in [0.3, 0.4) is 0 Å². The second-order valence-electron chi connectivity index (χ2n) is 6.96. The summed E-state index contributed by atoms with van der Waals surface area (Å²) in [5.41, 5.74) is 1.84. The third kappa shape index (κ3) is 4.92. The third-order valence-corrected chi connectivity index (χ3v) is 5.71. The first-order valence-electron chi connectivity index (χ1n) is 8.59. The standard InChI is InChI=1S/C18H24N4O3S/c1-21-11-15(10-19-21)9-14-7-8-22(12-14)13-18(23)20-16-3-5-17(6-4-16)26(2,24)25/h3-6,10-11,14H,7-9,12-13H2,1-2H3,(H,20,23). The molecule has 1 atom stereocenters. The molecule has 0 radical (unpaired) electrons. The van der Waals surface area contributed by atoms with Crippen molar-refractivity contribution in [1.82, 2.24) is 14.7 Å². The fourth-order valence-electron chi connectivity index (χ4n) is 3.32.